The van der Waals surface area contributed by atoms with Crippen molar-refractivity contribution >= 4 is 0 Å². The van der Waals surface area contributed by atoms with Crippen LogP contribution >= 0.6 is 0 Å². The zero-order valence-electron chi connectivity index (χ0n) is 14.9. The minimum atomic E-state index is 0.479. The number of rotatable bonds is 7. The second kappa shape index (κ2) is 9.28. The van der Waals surface area contributed by atoms with Crippen LogP contribution in [-0.2, 0) is 4.74 Å². The number of hydrogen-bond donors (Lipinski definition) is 0. The van der Waals surface area contributed by atoms with Crippen LogP contribution in [0.5, 0.6) is 11.5 Å². The molecule has 1 saturated heterocycles. The molecule has 0 unspecified atom stereocenters. The van der Waals surface area contributed by atoms with Crippen LogP contribution < -0.4 is 9.47 Å². The molecule has 1 saturated carbocycles. The second-order valence-electron chi connectivity index (χ2n) is 6.96. The number of hydrogen-bond acceptors (Lipinski definition) is 4. The Morgan fingerprint density at radius 1 is 0.875 bits per heavy atom. The van der Waals surface area contributed by atoms with Gasteiger partial charge in [-0.2, -0.15) is 0 Å². The Kier molecular flexibility index (Phi) is 6.79. The van der Waals surface area contributed by atoms with Crippen molar-refractivity contribution in [1.82, 2.24) is 4.90 Å². The van der Waals surface area contributed by atoms with Gasteiger partial charge >= 0.3 is 0 Å². The van der Waals surface area contributed by atoms with E-state index < -0.39 is 0 Å². The van der Waals surface area contributed by atoms with E-state index in [1.165, 1.54) is 44.9 Å². The summed E-state index contributed by atoms with van der Waals surface area (Å²) in [7, 11) is 1.68. The summed E-state index contributed by atoms with van der Waals surface area (Å²) >= 11 is 0. The summed E-state index contributed by atoms with van der Waals surface area (Å²) in [6.07, 6.45) is 10.00. The molecule has 0 spiro atoms. The number of nitrogens with zero attached hydrogens (tertiary/aromatic N) is 1. The van der Waals surface area contributed by atoms with Crippen LogP contribution in [0.1, 0.15) is 44.9 Å². The molecule has 0 bridgehead atoms. The maximum atomic E-state index is 6.31. The van der Waals surface area contributed by atoms with E-state index in [2.05, 4.69) is 4.90 Å². The lowest BCUT2D eigenvalue weighted by molar-refractivity contribution is -0.0564. The molecule has 0 N–H and O–H groups in total. The Hall–Kier alpha value is -1.26. The molecular weight excluding hydrogens is 302 g/mol. The first kappa shape index (κ1) is 17.6. The number of benzene rings is 1. The van der Waals surface area contributed by atoms with E-state index in [4.69, 9.17) is 14.2 Å². The summed E-state index contributed by atoms with van der Waals surface area (Å²) in [6.45, 7) is 3.98. The van der Waals surface area contributed by atoms with E-state index in [1.807, 2.05) is 24.3 Å². The predicted molar refractivity (Wildman–Crippen MR) is 95.9 cm³/mol. The first-order valence-corrected chi connectivity index (χ1v) is 9.48. The third kappa shape index (κ3) is 5.38. The van der Waals surface area contributed by atoms with Crippen LogP contribution in [0.3, 0.4) is 0 Å². The van der Waals surface area contributed by atoms with Gasteiger partial charge in [-0.3, -0.25) is 4.90 Å². The van der Waals surface area contributed by atoms with Gasteiger partial charge in [-0.05, 0) is 49.9 Å². The van der Waals surface area contributed by atoms with Gasteiger partial charge in [0.15, 0.2) is 0 Å². The molecule has 2 fully saturated rings. The van der Waals surface area contributed by atoms with Crippen molar-refractivity contribution in [3.8, 4) is 11.5 Å². The second-order valence-corrected chi connectivity index (χ2v) is 6.96. The lowest BCUT2D eigenvalue weighted by Crippen LogP contribution is -2.40. The Labute approximate surface area is 146 Å². The molecule has 3 rings (SSSR count). The highest BCUT2D eigenvalue weighted by Gasteiger charge is 2.23. The summed E-state index contributed by atoms with van der Waals surface area (Å²) in [4.78, 5) is 2.49. The maximum Gasteiger partial charge on any atom is 0.119 e. The highest BCUT2D eigenvalue weighted by atomic mass is 16.5. The number of methoxy groups -OCH3 is 1. The van der Waals surface area contributed by atoms with Crippen LogP contribution in [0, 0.1) is 0 Å². The standard InChI is InChI=1S/C20H31NO3/c1-22-17-7-9-18(10-8-17)23-16-15-21-13-11-20(12-14-21)24-19-5-3-2-4-6-19/h7-10,19-20H,2-6,11-16H2,1H3. The quantitative estimate of drug-likeness (QED) is 0.757. The highest BCUT2D eigenvalue weighted by Crippen LogP contribution is 2.24. The van der Waals surface area contributed by atoms with Gasteiger partial charge in [0.2, 0.25) is 0 Å². The smallest absolute Gasteiger partial charge is 0.119 e. The van der Waals surface area contributed by atoms with Gasteiger partial charge < -0.3 is 14.2 Å². The fourth-order valence-electron chi connectivity index (χ4n) is 3.71. The average molecular weight is 333 g/mol. The molecule has 4 heteroatoms. The zero-order valence-corrected chi connectivity index (χ0v) is 14.9. The Bertz CT molecular complexity index is 462. The molecule has 0 radical (unpaired) electrons. The molecule has 0 atom stereocenters. The normalized spacial score (nSPS) is 20.9. The largest absolute Gasteiger partial charge is 0.497 e. The number of ether oxygens (including phenoxy) is 3. The minimum absolute atomic E-state index is 0.479. The van der Waals surface area contributed by atoms with Crippen molar-refractivity contribution in [2.75, 3.05) is 33.4 Å². The highest BCUT2D eigenvalue weighted by molar-refractivity contribution is 5.31. The Morgan fingerprint density at radius 2 is 1.50 bits per heavy atom. The molecule has 24 heavy (non-hydrogen) atoms. The first-order chi connectivity index (χ1) is 11.8. The SMILES string of the molecule is COc1ccc(OCCN2CCC(OC3CCCCC3)CC2)cc1. The monoisotopic (exact) mass is 333 g/mol. The van der Waals surface area contributed by atoms with Crippen molar-refractivity contribution < 1.29 is 14.2 Å². The zero-order chi connectivity index (χ0) is 16.6. The fraction of sp³-hybridized carbons (Fsp3) is 0.700. The molecule has 1 aromatic rings. The van der Waals surface area contributed by atoms with E-state index in [1.54, 1.807) is 7.11 Å². The third-order valence-corrected chi connectivity index (χ3v) is 5.21. The molecule has 4 nitrogen and oxygen atoms in total. The van der Waals surface area contributed by atoms with Crippen molar-refractivity contribution in [2.45, 2.75) is 57.2 Å². The summed E-state index contributed by atoms with van der Waals surface area (Å²) in [5, 5.41) is 0. The lowest BCUT2D eigenvalue weighted by atomic mass is 9.97. The van der Waals surface area contributed by atoms with Crippen LogP contribution in [0.15, 0.2) is 24.3 Å². The molecule has 0 aromatic heterocycles. The van der Waals surface area contributed by atoms with Crippen LogP contribution in [0.4, 0.5) is 0 Å². The van der Waals surface area contributed by atoms with Gasteiger partial charge in [-0.15, -0.1) is 0 Å². The fourth-order valence-corrected chi connectivity index (χ4v) is 3.71. The van der Waals surface area contributed by atoms with E-state index in [-0.39, 0.29) is 0 Å². The minimum Gasteiger partial charge on any atom is -0.497 e. The molecule has 1 heterocycles. The van der Waals surface area contributed by atoms with E-state index >= 15 is 0 Å². The van der Waals surface area contributed by atoms with Crippen LogP contribution in [-0.4, -0.2) is 50.5 Å². The van der Waals surface area contributed by atoms with Crippen molar-refractivity contribution in [3.05, 3.63) is 24.3 Å². The first-order valence-electron chi connectivity index (χ1n) is 9.48. The Balaban J connectivity index is 1.30. The van der Waals surface area contributed by atoms with Gasteiger partial charge in [0.25, 0.3) is 0 Å². The molecule has 1 aliphatic carbocycles. The molecule has 1 aromatic carbocycles. The molecule has 1 aliphatic heterocycles. The summed E-state index contributed by atoms with van der Waals surface area (Å²) < 4.78 is 17.3. The summed E-state index contributed by atoms with van der Waals surface area (Å²) in [5.41, 5.74) is 0. The summed E-state index contributed by atoms with van der Waals surface area (Å²) in [6, 6.07) is 7.79. The van der Waals surface area contributed by atoms with E-state index in [0.29, 0.717) is 12.2 Å². The number of likely N-dealkylation sites (tertiary alicyclic amines) is 1. The van der Waals surface area contributed by atoms with Gasteiger partial charge in [-0.25, -0.2) is 0 Å². The average Bonchev–Trinajstić information content (AvgIpc) is 2.65. The summed E-state index contributed by atoms with van der Waals surface area (Å²) in [5.74, 6) is 1.77. The molecule has 134 valence electrons. The topological polar surface area (TPSA) is 30.9 Å². The maximum absolute atomic E-state index is 6.31. The van der Waals surface area contributed by atoms with E-state index in [0.717, 1.165) is 37.7 Å². The molecule has 2 aliphatic rings. The van der Waals surface area contributed by atoms with Gasteiger partial charge in [-0.1, -0.05) is 19.3 Å². The van der Waals surface area contributed by atoms with Crippen molar-refractivity contribution in [2.24, 2.45) is 0 Å². The molecular formula is C20H31NO3. The molecule has 0 amide bonds. The van der Waals surface area contributed by atoms with Gasteiger partial charge in [0.05, 0.1) is 19.3 Å². The number of piperidine rings is 1. The van der Waals surface area contributed by atoms with Crippen molar-refractivity contribution in [3.63, 3.8) is 0 Å². The lowest BCUT2D eigenvalue weighted by Gasteiger charge is -2.34. The third-order valence-electron chi connectivity index (χ3n) is 5.21. The van der Waals surface area contributed by atoms with Gasteiger partial charge in [0, 0.05) is 19.6 Å². The predicted octanol–water partition coefficient (Wildman–Crippen LogP) is 3.89. The van der Waals surface area contributed by atoms with E-state index in [9.17, 15) is 0 Å². The van der Waals surface area contributed by atoms with Crippen molar-refractivity contribution in [1.29, 1.82) is 0 Å². The van der Waals surface area contributed by atoms with Gasteiger partial charge in [0.1, 0.15) is 18.1 Å². The Morgan fingerprint density at radius 3 is 2.17 bits per heavy atom. The van der Waals surface area contributed by atoms with Crippen LogP contribution in [0.2, 0.25) is 0 Å². The van der Waals surface area contributed by atoms with Crippen LogP contribution in [0.25, 0.3) is 0 Å².